The van der Waals surface area contributed by atoms with Crippen molar-refractivity contribution in [3.63, 3.8) is 0 Å². The van der Waals surface area contributed by atoms with Crippen molar-refractivity contribution in [2.45, 2.75) is 17.6 Å². The molecule has 1 aromatic rings. The van der Waals surface area contributed by atoms with E-state index in [4.69, 9.17) is 10.5 Å². The van der Waals surface area contributed by atoms with Crippen LogP contribution in [0.25, 0.3) is 0 Å². The van der Waals surface area contributed by atoms with Crippen molar-refractivity contribution in [2.75, 3.05) is 33.9 Å². The summed E-state index contributed by atoms with van der Waals surface area (Å²) < 4.78 is 36.8. The normalized spacial score (nSPS) is 21.7. The van der Waals surface area contributed by atoms with E-state index < -0.39 is 16.0 Å². The number of carbonyl (C=O) groups is 1. The third kappa shape index (κ3) is 3.80. The molecule has 1 fully saturated rings. The van der Waals surface area contributed by atoms with E-state index in [9.17, 15) is 13.2 Å². The third-order valence-electron chi connectivity index (χ3n) is 3.86. The molecule has 23 heavy (non-hydrogen) atoms. The minimum Gasteiger partial charge on any atom is -0.494 e. The number of nitrogens with two attached hydrogens (primary N) is 1. The molecule has 10 heteroatoms. The van der Waals surface area contributed by atoms with E-state index in [0.717, 1.165) is 11.3 Å². The smallest absolute Gasteiger partial charge is 0.348 e. The number of esters is 1. The quantitative estimate of drug-likeness (QED) is 0.769. The summed E-state index contributed by atoms with van der Waals surface area (Å²) in [4.78, 5) is 11.8. The molecule has 0 radical (unpaired) electrons. The van der Waals surface area contributed by atoms with Crippen molar-refractivity contribution in [3.8, 4) is 5.75 Å². The number of nitrogens with zero attached hydrogens (tertiary/aromatic N) is 1. The van der Waals surface area contributed by atoms with Crippen LogP contribution in [0.3, 0.4) is 0 Å². The Kier molecular flexibility index (Phi) is 6.45. The monoisotopic (exact) mass is 384 g/mol. The fraction of sp³-hybridized carbons (Fsp3) is 0.615. The highest BCUT2D eigenvalue weighted by molar-refractivity contribution is 7.91. The van der Waals surface area contributed by atoms with Crippen molar-refractivity contribution in [1.29, 1.82) is 0 Å². The van der Waals surface area contributed by atoms with Crippen LogP contribution in [-0.2, 0) is 14.8 Å². The molecule has 0 spiro atoms. The average Bonchev–Trinajstić information content (AvgIpc) is 3.11. The number of rotatable bonds is 5. The maximum atomic E-state index is 12.8. The van der Waals surface area contributed by atoms with Crippen molar-refractivity contribution >= 4 is 39.7 Å². The lowest BCUT2D eigenvalue weighted by Crippen LogP contribution is -2.34. The zero-order chi connectivity index (χ0) is 16.5. The van der Waals surface area contributed by atoms with Gasteiger partial charge in [0.1, 0.15) is 4.88 Å². The molecule has 1 aliphatic heterocycles. The number of ether oxygens (including phenoxy) is 2. The molecule has 1 aromatic heterocycles. The van der Waals surface area contributed by atoms with Crippen LogP contribution >= 0.6 is 23.7 Å². The Balaban J connectivity index is 0.00000264. The largest absolute Gasteiger partial charge is 0.494 e. The molecule has 1 atom stereocenters. The number of sulfonamides is 1. The number of methoxy groups -OCH3 is 2. The van der Waals surface area contributed by atoms with Crippen LogP contribution in [0.15, 0.2) is 10.3 Å². The van der Waals surface area contributed by atoms with E-state index in [1.807, 2.05) is 6.92 Å². The van der Waals surface area contributed by atoms with Gasteiger partial charge in [-0.3, -0.25) is 0 Å². The molecule has 0 aromatic carbocycles. The van der Waals surface area contributed by atoms with Crippen LogP contribution in [0.5, 0.6) is 5.75 Å². The first-order valence-electron chi connectivity index (χ1n) is 6.74. The van der Waals surface area contributed by atoms with Gasteiger partial charge in [-0.05, 0) is 18.4 Å². The fourth-order valence-electron chi connectivity index (χ4n) is 2.35. The first-order valence-corrected chi connectivity index (χ1v) is 8.99. The van der Waals surface area contributed by atoms with Gasteiger partial charge in [0.15, 0.2) is 9.96 Å². The summed E-state index contributed by atoms with van der Waals surface area (Å²) in [6.45, 7) is 3.16. The van der Waals surface area contributed by atoms with E-state index in [-0.39, 0.29) is 32.7 Å². The Morgan fingerprint density at radius 2 is 2.13 bits per heavy atom. The zero-order valence-corrected chi connectivity index (χ0v) is 15.6. The first-order chi connectivity index (χ1) is 10.3. The summed E-state index contributed by atoms with van der Waals surface area (Å²) in [5.41, 5.74) is 5.51. The topological polar surface area (TPSA) is 98.9 Å². The Bertz CT molecular complexity index is 676. The molecule has 1 saturated heterocycles. The van der Waals surface area contributed by atoms with Crippen LogP contribution in [0.4, 0.5) is 0 Å². The average molecular weight is 385 g/mol. The van der Waals surface area contributed by atoms with Crippen molar-refractivity contribution in [3.05, 3.63) is 10.9 Å². The second-order valence-electron chi connectivity index (χ2n) is 5.56. The molecule has 0 bridgehead atoms. The van der Waals surface area contributed by atoms with Crippen LogP contribution in [0, 0.1) is 5.41 Å². The van der Waals surface area contributed by atoms with Gasteiger partial charge in [-0.15, -0.1) is 23.7 Å². The minimum atomic E-state index is -3.72. The van der Waals surface area contributed by atoms with E-state index in [1.54, 1.807) is 0 Å². The highest BCUT2D eigenvalue weighted by atomic mass is 35.5. The Hall–Kier alpha value is -0.870. The Morgan fingerprint density at radius 3 is 2.61 bits per heavy atom. The van der Waals surface area contributed by atoms with Crippen LogP contribution in [0.2, 0.25) is 0 Å². The van der Waals surface area contributed by atoms with Gasteiger partial charge in [0.2, 0.25) is 0 Å². The molecule has 2 heterocycles. The predicted octanol–water partition coefficient (Wildman–Crippen LogP) is 1.32. The van der Waals surface area contributed by atoms with E-state index in [1.165, 1.54) is 24.6 Å². The first kappa shape index (κ1) is 20.2. The maximum absolute atomic E-state index is 12.8. The van der Waals surface area contributed by atoms with Gasteiger partial charge in [0, 0.05) is 19.2 Å². The van der Waals surface area contributed by atoms with Crippen molar-refractivity contribution in [2.24, 2.45) is 11.1 Å². The van der Waals surface area contributed by atoms with E-state index >= 15 is 0 Å². The number of carbonyl (C=O) groups excluding carboxylic acids is 1. The van der Waals surface area contributed by atoms with Gasteiger partial charge >= 0.3 is 5.97 Å². The summed E-state index contributed by atoms with van der Waals surface area (Å²) in [6.07, 6.45) is 0.709. The van der Waals surface area contributed by atoms with Crippen LogP contribution < -0.4 is 10.5 Å². The van der Waals surface area contributed by atoms with E-state index in [2.05, 4.69) is 4.74 Å². The summed E-state index contributed by atoms with van der Waals surface area (Å²) in [7, 11) is -1.10. The molecular formula is C13H21ClN2O5S2. The molecule has 0 amide bonds. The summed E-state index contributed by atoms with van der Waals surface area (Å²) in [5.74, 6) is -0.426. The van der Waals surface area contributed by atoms with Crippen LogP contribution in [0.1, 0.15) is 23.0 Å². The summed E-state index contributed by atoms with van der Waals surface area (Å²) in [6, 6.07) is 1.39. The Morgan fingerprint density at radius 1 is 1.48 bits per heavy atom. The lowest BCUT2D eigenvalue weighted by Gasteiger charge is -2.22. The standard InChI is InChI=1S/C13H20N2O5S2.ClH/c1-13(7-14)4-5-15(8-13)22(17,18)12-9(19-2)6-10(21-12)11(16)20-3;/h6H,4-5,7-8,14H2,1-3H3;1H. The number of halogens is 1. The predicted molar refractivity (Wildman–Crippen MR) is 90.0 cm³/mol. The Labute approximate surface area is 146 Å². The molecule has 2 rings (SSSR count). The zero-order valence-electron chi connectivity index (χ0n) is 13.2. The molecule has 0 aliphatic carbocycles. The number of hydrogen-bond acceptors (Lipinski definition) is 7. The lowest BCUT2D eigenvalue weighted by molar-refractivity contribution is 0.0606. The highest BCUT2D eigenvalue weighted by Gasteiger charge is 2.41. The molecule has 1 unspecified atom stereocenters. The third-order valence-corrected chi connectivity index (χ3v) is 7.30. The SMILES string of the molecule is COC(=O)c1cc(OC)c(S(=O)(=O)N2CCC(C)(CN)C2)s1.Cl. The van der Waals surface area contributed by atoms with Crippen molar-refractivity contribution in [1.82, 2.24) is 4.31 Å². The number of hydrogen-bond donors (Lipinski definition) is 1. The fourth-order valence-corrected chi connectivity index (χ4v) is 5.57. The van der Waals surface area contributed by atoms with Gasteiger partial charge in [-0.1, -0.05) is 6.92 Å². The van der Waals surface area contributed by atoms with Gasteiger partial charge < -0.3 is 15.2 Å². The van der Waals surface area contributed by atoms with Gasteiger partial charge in [0.25, 0.3) is 10.0 Å². The van der Waals surface area contributed by atoms with Crippen molar-refractivity contribution < 1.29 is 22.7 Å². The van der Waals surface area contributed by atoms with E-state index in [0.29, 0.717) is 26.1 Å². The van der Waals surface area contributed by atoms with Crippen LogP contribution in [-0.4, -0.2) is 52.5 Å². The molecule has 7 nitrogen and oxygen atoms in total. The minimum absolute atomic E-state index is 0. The van der Waals surface area contributed by atoms with Gasteiger partial charge in [-0.2, -0.15) is 4.31 Å². The van der Waals surface area contributed by atoms with Gasteiger partial charge in [-0.25, -0.2) is 13.2 Å². The highest BCUT2D eigenvalue weighted by Crippen LogP contribution is 2.39. The summed E-state index contributed by atoms with van der Waals surface area (Å²) >= 11 is 0.858. The second-order valence-corrected chi connectivity index (χ2v) is 8.75. The molecule has 0 saturated carbocycles. The summed E-state index contributed by atoms with van der Waals surface area (Å²) in [5, 5.41) is 0. The molecule has 2 N–H and O–H groups in total. The maximum Gasteiger partial charge on any atom is 0.348 e. The lowest BCUT2D eigenvalue weighted by atomic mass is 9.90. The molecular weight excluding hydrogens is 364 g/mol. The second kappa shape index (κ2) is 7.35. The molecule has 1 aliphatic rings. The molecule has 132 valence electrons. The number of thiophene rings is 1. The van der Waals surface area contributed by atoms with Gasteiger partial charge in [0.05, 0.1) is 14.2 Å².